The Morgan fingerprint density at radius 2 is 2.05 bits per heavy atom. The van der Waals surface area contributed by atoms with E-state index in [9.17, 15) is 4.79 Å². The number of amides is 1. The summed E-state index contributed by atoms with van der Waals surface area (Å²) in [6, 6.07) is 3.71. The molecule has 1 aromatic rings. The fourth-order valence-electron chi connectivity index (χ4n) is 3.02. The molecule has 0 aliphatic carbocycles. The summed E-state index contributed by atoms with van der Waals surface area (Å²) in [5.74, 6) is 0.762. The molecule has 21 heavy (non-hydrogen) atoms. The highest BCUT2D eigenvalue weighted by Crippen LogP contribution is 2.22. The Kier molecular flexibility index (Phi) is 4.10. The number of hydrogen-bond donors (Lipinski definition) is 0. The SMILES string of the molecule is CCN1CCc2nc(OC3CCN(C)CC3)ccc2C1=O. The topological polar surface area (TPSA) is 45.7 Å². The van der Waals surface area contributed by atoms with Gasteiger partial charge >= 0.3 is 0 Å². The van der Waals surface area contributed by atoms with Crippen molar-refractivity contribution in [2.75, 3.05) is 33.2 Å². The molecule has 1 saturated heterocycles. The van der Waals surface area contributed by atoms with E-state index in [1.807, 2.05) is 24.0 Å². The normalized spacial score (nSPS) is 20.5. The molecule has 0 aromatic carbocycles. The van der Waals surface area contributed by atoms with Crippen LogP contribution in [0.15, 0.2) is 12.1 Å². The molecule has 0 radical (unpaired) electrons. The predicted molar refractivity (Wildman–Crippen MR) is 80.7 cm³/mol. The van der Waals surface area contributed by atoms with Gasteiger partial charge in [-0.3, -0.25) is 4.79 Å². The van der Waals surface area contributed by atoms with Crippen LogP contribution < -0.4 is 4.74 Å². The van der Waals surface area contributed by atoms with Crippen molar-refractivity contribution in [1.82, 2.24) is 14.8 Å². The first kappa shape index (κ1) is 14.3. The summed E-state index contributed by atoms with van der Waals surface area (Å²) in [6.07, 6.45) is 3.15. The number of rotatable bonds is 3. The molecular formula is C16H23N3O2. The number of nitrogens with zero attached hydrogens (tertiary/aromatic N) is 3. The van der Waals surface area contributed by atoms with Gasteiger partial charge in [-0.15, -0.1) is 0 Å². The Bertz CT molecular complexity index is 524. The van der Waals surface area contributed by atoms with Gasteiger partial charge in [0.2, 0.25) is 5.88 Å². The Morgan fingerprint density at radius 1 is 1.29 bits per heavy atom. The second-order valence-corrected chi connectivity index (χ2v) is 5.90. The number of likely N-dealkylation sites (N-methyl/N-ethyl adjacent to an activating group) is 1. The van der Waals surface area contributed by atoms with E-state index in [0.717, 1.165) is 56.7 Å². The van der Waals surface area contributed by atoms with Crippen molar-refractivity contribution in [3.05, 3.63) is 23.4 Å². The fourth-order valence-corrected chi connectivity index (χ4v) is 3.02. The van der Waals surface area contributed by atoms with Gasteiger partial charge in [-0.2, -0.15) is 0 Å². The number of ether oxygens (including phenoxy) is 1. The van der Waals surface area contributed by atoms with Crippen molar-refractivity contribution < 1.29 is 9.53 Å². The number of fused-ring (bicyclic) bond motifs is 1. The molecule has 5 nitrogen and oxygen atoms in total. The fraction of sp³-hybridized carbons (Fsp3) is 0.625. The van der Waals surface area contributed by atoms with E-state index in [1.165, 1.54) is 0 Å². The molecule has 3 rings (SSSR count). The van der Waals surface area contributed by atoms with Crippen LogP contribution in [0.4, 0.5) is 0 Å². The third-order valence-corrected chi connectivity index (χ3v) is 4.42. The van der Waals surface area contributed by atoms with Crippen molar-refractivity contribution in [3.8, 4) is 5.88 Å². The highest BCUT2D eigenvalue weighted by atomic mass is 16.5. The second-order valence-electron chi connectivity index (χ2n) is 5.90. The maximum Gasteiger partial charge on any atom is 0.255 e. The Morgan fingerprint density at radius 3 is 2.76 bits per heavy atom. The number of piperidine rings is 1. The number of aromatic nitrogens is 1. The maximum absolute atomic E-state index is 12.2. The number of carbonyl (C=O) groups excluding carboxylic acids is 1. The first-order chi connectivity index (χ1) is 10.2. The van der Waals surface area contributed by atoms with Gasteiger partial charge in [-0.05, 0) is 32.9 Å². The zero-order valence-electron chi connectivity index (χ0n) is 12.8. The van der Waals surface area contributed by atoms with Crippen LogP contribution in [0.2, 0.25) is 0 Å². The monoisotopic (exact) mass is 289 g/mol. The second kappa shape index (κ2) is 6.02. The molecule has 1 aromatic heterocycles. The van der Waals surface area contributed by atoms with Crippen LogP contribution in [0, 0.1) is 0 Å². The molecule has 5 heteroatoms. The lowest BCUT2D eigenvalue weighted by atomic mass is 10.0. The third kappa shape index (κ3) is 3.02. The Hall–Kier alpha value is -1.62. The molecule has 1 fully saturated rings. The summed E-state index contributed by atoms with van der Waals surface area (Å²) in [5, 5.41) is 0. The first-order valence-corrected chi connectivity index (χ1v) is 7.81. The van der Waals surface area contributed by atoms with Crippen molar-refractivity contribution >= 4 is 5.91 Å². The quantitative estimate of drug-likeness (QED) is 0.847. The molecule has 0 saturated carbocycles. The summed E-state index contributed by atoms with van der Waals surface area (Å²) >= 11 is 0. The average molecular weight is 289 g/mol. The molecule has 0 bridgehead atoms. The number of likely N-dealkylation sites (tertiary alicyclic amines) is 1. The molecular weight excluding hydrogens is 266 g/mol. The molecule has 2 aliphatic rings. The van der Waals surface area contributed by atoms with E-state index in [2.05, 4.69) is 16.9 Å². The van der Waals surface area contributed by atoms with E-state index >= 15 is 0 Å². The minimum atomic E-state index is 0.0945. The van der Waals surface area contributed by atoms with Crippen LogP contribution in [0.3, 0.4) is 0 Å². The van der Waals surface area contributed by atoms with Gasteiger partial charge in [0, 0.05) is 38.7 Å². The van der Waals surface area contributed by atoms with E-state index in [1.54, 1.807) is 0 Å². The lowest BCUT2D eigenvalue weighted by Crippen LogP contribution is -2.38. The van der Waals surface area contributed by atoms with Crippen LogP contribution in [0.5, 0.6) is 5.88 Å². The van der Waals surface area contributed by atoms with Crippen LogP contribution in [-0.2, 0) is 6.42 Å². The lowest BCUT2D eigenvalue weighted by molar-refractivity contribution is 0.0745. The number of carbonyl (C=O) groups is 1. The maximum atomic E-state index is 12.2. The van der Waals surface area contributed by atoms with Gasteiger partial charge in [0.25, 0.3) is 5.91 Å². The van der Waals surface area contributed by atoms with Gasteiger partial charge in [-0.25, -0.2) is 4.98 Å². The zero-order valence-corrected chi connectivity index (χ0v) is 12.8. The molecule has 0 atom stereocenters. The van der Waals surface area contributed by atoms with Gasteiger partial charge in [-0.1, -0.05) is 0 Å². The van der Waals surface area contributed by atoms with E-state index < -0.39 is 0 Å². The van der Waals surface area contributed by atoms with Gasteiger partial charge in [0.1, 0.15) is 6.10 Å². The van der Waals surface area contributed by atoms with Crippen molar-refractivity contribution in [2.24, 2.45) is 0 Å². The summed E-state index contributed by atoms with van der Waals surface area (Å²) in [6.45, 7) is 5.66. The average Bonchev–Trinajstić information content (AvgIpc) is 2.50. The summed E-state index contributed by atoms with van der Waals surface area (Å²) < 4.78 is 6.00. The summed E-state index contributed by atoms with van der Waals surface area (Å²) in [7, 11) is 2.14. The van der Waals surface area contributed by atoms with Crippen LogP contribution in [-0.4, -0.2) is 60.0 Å². The Balaban J connectivity index is 1.70. The molecule has 3 heterocycles. The number of hydrogen-bond acceptors (Lipinski definition) is 4. The van der Waals surface area contributed by atoms with Gasteiger partial charge < -0.3 is 14.5 Å². The van der Waals surface area contributed by atoms with Crippen molar-refractivity contribution in [3.63, 3.8) is 0 Å². The minimum absolute atomic E-state index is 0.0945. The van der Waals surface area contributed by atoms with E-state index in [4.69, 9.17) is 4.74 Å². The van der Waals surface area contributed by atoms with Crippen LogP contribution >= 0.6 is 0 Å². The minimum Gasteiger partial charge on any atom is -0.474 e. The Labute approximate surface area is 125 Å². The van der Waals surface area contributed by atoms with Crippen LogP contribution in [0.25, 0.3) is 0 Å². The summed E-state index contributed by atoms with van der Waals surface area (Å²) in [5.41, 5.74) is 1.62. The van der Waals surface area contributed by atoms with E-state index in [-0.39, 0.29) is 12.0 Å². The van der Waals surface area contributed by atoms with Gasteiger partial charge in [0.05, 0.1) is 11.3 Å². The number of pyridine rings is 1. The molecule has 114 valence electrons. The molecule has 2 aliphatic heterocycles. The standard InChI is InChI=1S/C16H23N3O2/c1-3-19-11-8-14-13(16(19)20)4-5-15(17-14)21-12-6-9-18(2)10-7-12/h4-5,12H,3,6-11H2,1-2H3. The molecule has 1 amide bonds. The lowest BCUT2D eigenvalue weighted by Gasteiger charge is -2.30. The first-order valence-electron chi connectivity index (χ1n) is 7.81. The molecule has 0 spiro atoms. The van der Waals surface area contributed by atoms with Crippen molar-refractivity contribution in [1.29, 1.82) is 0 Å². The van der Waals surface area contributed by atoms with Gasteiger partial charge in [0.15, 0.2) is 0 Å². The summed E-state index contributed by atoms with van der Waals surface area (Å²) in [4.78, 5) is 21.0. The zero-order chi connectivity index (χ0) is 14.8. The predicted octanol–water partition coefficient (Wildman–Crippen LogP) is 1.57. The largest absolute Gasteiger partial charge is 0.474 e. The van der Waals surface area contributed by atoms with E-state index in [0.29, 0.717) is 5.88 Å². The molecule has 0 N–H and O–H groups in total. The third-order valence-electron chi connectivity index (χ3n) is 4.42. The van der Waals surface area contributed by atoms with Crippen molar-refractivity contribution in [2.45, 2.75) is 32.3 Å². The smallest absolute Gasteiger partial charge is 0.255 e. The van der Waals surface area contributed by atoms with Crippen LogP contribution in [0.1, 0.15) is 35.8 Å². The molecule has 0 unspecified atom stereocenters. The highest BCUT2D eigenvalue weighted by molar-refractivity contribution is 5.96. The highest BCUT2D eigenvalue weighted by Gasteiger charge is 2.25.